The van der Waals surface area contributed by atoms with Crippen LogP contribution in [0, 0.1) is 5.92 Å². The van der Waals surface area contributed by atoms with Crippen molar-refractivity contribution in [2.45, 2.75) is 88.5 Å². The summed E-state index contributed by atoms with van der Waals surface area (Å²) in [4.78, 5) is 43.5. The van der Waals surface area contributed by atoms with E-state index in [1.165, 1.54) is 16.9 Å². The molecule has 0 radical (unpaired) electrons. The molecule has 3 saturated heterocycles. The van der Waals surface area contributed by atoms with Crippen LogP contribution in [0.2, 0.25) is 0 Å². The van der Waals surface area contributed by atoms with Crippen molar-refractivity contribution in [3.05, 3.63) is 35.4 Å². The number of amides is 2. The van der Waals surface area contributed by atoms with E-state index in [2.05, 4.69) is 29.3 Å². The first kappa shape index (κ1) is 26.3. The highest BCUT2D eigenvalue weighted by atomic mass is 16.5. The van der Waals surface area contributed by atoms with Crippen molar-refractivity contribution in [2.24, 2.45) is 5.92 Å². The number of likely N-dealkylation sites (tertiary alicyclic amines) is 2. The quantitative estimate of drug-likeness (QED) is 0.584. The predicted molar refractivity (Wildman–Crippen MR) is 139 cm³/mol. The smallest absolute Gasteiger partial charge is 0.251 e. The van der Waals surface area contributed by atoms with Gasteiger partial charge in [0.1, 0.15) is 30.9 Å². The van der Waals surface area contributed by atoms with Crippen LogP contribution in [0.5, 0.6) is 0 Å². The van der Waals surface area contributed by atoms with Gasteiger partial charge in [0.05, 0.1) is 6.54 Å². The second kappa shape index (κ2) is 11.6. The highest BCUT2D eigenvalue weighted by Gasteiger charge is 2.53. The fraction of sp³-hybridized carbons (Fsp3) is 0.690. The van der Waals surface area contributed by atoms with Crippen molar-refractivity contribution in [3.63, 3.8) is 0 Å². The van der Waals surface area contributed by atoms with Crippen LogP contribution in [-0.4, -0.2) is 89.6 Å². The maximum absolute atomic E-state index is 13.8. The molecule has 3 aliphatic heterocycles. The number of hydrogen-bond donors (Lipinski definition) is 2. The van der Waals surface area contributed by atoms with E-state index in [-0.39, 0.29) is 36.7 Å². The zero-order valence-corrected chi connectivity index (χ0v) is 21.9. The minimum absolute atomic E-state index is 0.0198. The van der Waals surface area contributed by atoms with Crippen LogP contribution in [-0.2, 0) is 14.3 Å². The van der Waals surface area contributed by atoms with E-state index < -0.39 is 24.3 Å². The van der Waals surface area contributed by atoms with E-state index in [1.54, 1.807) is 0 Å². The number of fused-ring (bicyclic) bond motifs is 1. The van der Waals surface area contributed by atoms with Gasteiger partial charge in [0, 0.05) is 5.56 Å². The molecule has 0 aromatic heterocycles. The summed E-state index contributed by atoms with van der Waals surface area (Å²) < 4.78 is 5.45. The van der Waals surface area contributed by atoms with Crippen LogP contribution in [0.15, 0.2) is 24.3 Å². The number of carbonyl (C=O) groups is 3. The molecule has 1 aromatic rings. The number of aliphatic hydroxyl groups is 1. The third kappa shape index (κ3) is 5.61. The summed E-state index contributed by atoms with van der Waals surface area (Å²) in [7, 11) is 0. The molecular formula is C29H41N3O5. The highest BCUT2D eigenvalue weighted by molar-refractivity contribution is 5.99. The van der Waals surface area contributed by atoms with E-state index >= 15 is 0 Å². The van der Waals surface area contributed by atoms with E-state index in [0.717, 1.165) is 64.6 Å². The third-order valence-corrected chi connectivity index (χ3v) is 8.89. The first-order valence-electron chi connectivity index (χ1n) is 14.2. The Hall–Kier alpha value is -2.29. The Bertz CT molecular complexity index is 968. The third-order valence-electron chi connectivity index (χ3n) is 8.89. The van der Waals surface area contributed by atoms with Crippen LogP contribution < -0.4 is 5.32 Å². The van der Waals surface area contributed by atoms with Gasteiger partial charge < -0.3 is 25.0 Å². The van der Waals surface area contributed by atoms with Crippen LogP contribution in [0.1, 0.15) is 80.1 Å². The predicted octanol–water partition coefficient (Wildman–Crippen LogP) is 2.49. The minimum atomic E-state index is -0.885. The van der Waals surface area contributed by atoms with Gasteiger partial charge in [-0.15, -0.1) is 0 Å². The number of nitrogens with zero attached hydrogens (tertiary/aromatic N) is 2. The molecule has 4 atom stereocenters. The van der Waals surface area contributed by atoms with Crippen molar-refractivity contribution >= 4 is 17.6 Å². The summed E-state index contributed by atoms with van der Waals surface area (Å²) in [5.74, 6) is -0.187. The highest BCUT2D eigenvalue weighted by Crippen LogP contribution is 2.33. The maximum Gasteiger partial charge on any atom is 0.251 e. The fourth-order valence-corrected chi connectivity index (χ4v) is 6.82. The lowest BCUT2D eigenvalue weighted by atomic mass is 9.83. The number of ketones is 1. The van der Waals surface area contributed by atoms with Gasteiger partial charge in [-0.1, -0.05) is 38.3 Å². The number of aliphatic hydroxyl groups excluding tert-OH is 1. The molecule has 37 heavy (non-hydrogen) atoms. The molecule has 1 saturated carbocycles. The molecule has 1 aromatic carbocycles. The van der Waals surface area contributed by atoms with E-state index in [9.17, 15) is 19.5 Å². The molecule has 3 heterocycles. The Morgan fingerprint density at radius 1 is 1.08 bits per heavy atom. The fourth-order valence-electron chi connectivity index (χ4n) is 6.82. The molecule has 5 rings (SSSR count). The monoisotopic (exact) mass is 511 g/mol. The molecule has 0 bridgehead atoms. The molecule has 8 nitrogen and oxygen atoms in total. The molecule has 2 amide bonds. The Morgan fingerprint density at radius 3 is 2.46 bits per heavy atom. The Morgan fingerprint density at radius 2 is 1.78 bits per heavy atom. The summed E-state index contributed by atoms with van der Waals surface area (Å²) in [5, 5.41) is 13.4. The molecular weight excluding hydrogens is 470 g/mol. The number of benzene rings is 1. The molecule has 4 aliphatic rings. The number of nitrogens with one attached hydrogen (secondary N) is 1. The molecule has 0 spiro atoms. The SMILES string of the molecule is CCCN1CCC(c2ccc(C(=O)N[C@H](C(=O)N3C[C@H](O)[C@H]4OCC(=O)[C@H]43)C3CCCCC3)cc2)CC1. The summed E-state index contributed by atoms with van der Waals surface area (Å²) >= 11 is 0. The topological polar surface area (TPSA) is 99.2 Å². The molecule has 2 N–H and O–H groups in total. The first-order chi connectivity index (χ1) is 18.0. The standard InChI is InChI=1S/C29H41N3O5/c1-2-14-31-15-12-20(13-16-31)19-8-10-22(11-9-19)28(35)30-25(21-6-4-3-5-7-21)29(36)32-17-23(33)27-26(32)24(34)18-37-27/h8-11,20-21,23,25-27,33H,2-7,12-18H2,1H3,(H,30,35)/t23-,25-,26+,27+/m0/s1. The lowest BCUT2D eigenvalue weighted by Gasteiger charge is -2.34. The summed E-state index contributed by atoms with van der Waals surface area (Å²) in [6.07, 6.45) is 6.80. The van der Waals surface area contributed by atoms with Gasteiger partial charge in [-0.2, -0.15) is 0 Å². The number of Topliss-reactive ketones (excluding diaryl/α,β-unsaturated/α-hetero) is 1. The van der Waals surface area contributed by atoms with Crippen molar-refractivity contribution in [1.82, 2.24) is 15.1 Å². The summed E-state index contributed by atoms with van der Waals surface area (Å²) in [5.41, 5.74) is 1.81. The van der Waals surface area contributed by atoms with Crippen molar-refractivity contribution in [2.75, 3.05) is 32.8 Å². The van der Waals surface area contributed by atoms with Gasteiger partial charge in [-0.25, -0.2) is 0 Å². The Labute approximate surface area is 219 Å². The normalized spacial score (nSPS) is 28.3. The Kier molecular flexibility index (Phi) is 8.27. The van der Waals surface area contributed by atoms with Gasteiger partial charge >= 0.3 is 0 Å². The zero-order valence-electron chi connectivity index (χ0n) is 21.9. The van der Waals surface area contributed by atoms with Crippen LogP contribution in [0.4, 0.5) is 0 Å². The second-order valence-corrected chi connectivity index (χ2v) is 11.3. The zero-order chi connectivity index (χ0) is 25.9. The number of ether oxygens (including phenoxy) is 1. The van der Waals surface area contributed by atoms with Gasteiger partial charge in [-0.3, -0.25) is 14.4 Å². The average molecular weight is 512 g/mol. The van der Waals surface area contributed by atoms with Crippen molar-refractivity contribution in [3.8, 4) is 0 Å². The first-order valence-corrected chi connectivity index (χ1v) is 14.2. The number of hydrogen-bond acceptors (Lipinski definition) is 6. The van der Waals surface area contributed by atoms with Crippen LogP contribution >= 0.6 is 0 Å². The van der Waals surface area contributed by atoms with Crippen molar-refractivity contribution in [1.29, 1.82) is 0 Å². The van der Waals surface area contributed by atoms with Gasteiger partial charge in [-0.05, 0) is 81.3 Å². The van der Waals surface area contributed by atoms with E-state index in [4.69, 9.17) is 4.74 Å². The molecule has 202 valence electrons. The summed E-state index contributed by atoms with van der Waals surface area (Å²) in [6.45, 7) is 5.59. The van der Waals surface area contributed by atoms with Gasteiger partial charge in [0.15, 0.2) is 5.78 Å². The number of β-amino-alcohol motifs (C(OH)–C–C–N with tert-alkyl or cyclic N) is 1. The average Bonchev–Trinajstić information content (AvgIpc) is 3.48. The molecule has 8 heteroatoms. The summed E-state index contributed by atoms with van der Waals surface area (Å²) in [6, 6.07) is 6.39. The van der Waals surface area contributed by atoms with Gasteiger partial charge in [0.2, 0.25) is 5.91 Å². The minimum Gasteiger partial charge on any atom is -0.388 e. The second-order valence-electron chi connectivity index (χ2n) is 11.3. The molecule has 4 fully saturated rings. The van der Waals surface area contributed by atoms with E-state index in [0.29, 0.717) is 11.5 Å². The molecule has 1 aliphatic carbocycles. The number of piperidine rings is 1. The molecule has 0 unspecified atom stereocenters. The maximum atomic E-state index is 13.8. The Balaban J connectivity index is 1.27. The van der Waals surface area contributed by atoms with E-state index in [1.807, 2.05) is 12.1 Å². The number of rotatable bonds is 7. The lowest BCUT2D eigenvalue weighted by molar-refractivity contribution is -0.139. The van der Waals surface area contributed by atoms with Gasteiger partial charge in [0.25, 0.3) is 5.91 Å². The lowest BCUT2D eigenvalue weighted by Crippen LogP contribution is -2.55. The van der Waals surface area contributed by atoms with Crippen LogP contribution in [0.3, 0.4) is 0 Å². The van der Waals surface area contributed by atoms with Crippen molar-refractivity contribution < 1.29 is 24.2 Å². The largest absolute Gasteiger partial charge is 0.388 e. The number of carbonyl (C=O) groups excluding carboxylic acids is 3. The van der Waals surface area contributed by atoms with Crippen LogP contribution in [0.25, 0.3) is 0 Å².